The summed E-state index contributed by atoms with van der Waals surface area (Å²) in [6.45, 7) is 3.47. The average Bonchev–Trinajstić information content (AvgIpc) is 2.49. The van der Waals surface area contributed by atoms with Crippen molar-refractivity contribution in [3.8, 4) is 0 Å². The van der Waals surface area contributed by atoms with Crippen LogP contribution >= 0.6 is 0 Å². The molecule has 1 aliphatic heterocycles. The zero-order valence-electron chi connectivity index (χ0n) is 12.6. The lowest BCUT2D eigenvalue weighted by molar-refractivity contribution is -0.143. The highest BCUT2D eigenvalue weighted by atomic mass is 19.1. The molecule has 2 rings (SSSR count). The van der Waals surface area contributed by atoms with E-state index < -0.39 is 5.97 Å². The normalized spacial score (nSPS) is 16.5. The fourth-order valence-electron chi connectivity index (χ4n) is 2.54. The highest BCUT2D eigenvalue weighted by molar-refractivity contribution is 5.78. The van der Waals surface area contributed by atoms with Crippen LogP contribution in [-0.4, -0.2) is 41.5 Å². The van der Waals surface area contributed by atoms with E-state index >= 15 is 0 Å². The van der Waals surface area contributed by atoms with Gasteiger partial charge in [-0.05, 0) is 50.0 Å². The Labute approximate surface area is 129 Å². The van der Waals surface area contributed by atoms with Crippen molar-refractivity contribution in [2.75, 3.05) is 19.6 Å². The van der Waals surface area contributed by atoms with Gasteiger partial charge in [0.15, 0.2) is 0 Å². The first-order valence-corrected chi connectivity index (χ1v) is 7.42. The summed E-state index contributed by atoms with van der Waals surface area (Å²) in [4.78, 5) is 24.7. The second kappa shape index (κ2) is 7.35. The number of carbonyl (C=O) groups excluding carboxylic acids is 1. The van der Waals surface area contributed by atoms with Gasteiger partial charge < -0.3 is 10.4 Å². The van der Waals surface area contributed by atoms with Gasteiger partial charge >= 0.3 is 5.97 Å². The van der Waals surface area contributed by atoms with Gasteiger partial charge in [0.25, 0.3) is 0 Å². The number of nitrogens with zero attached hydrogens (tertiary/aromatic N) is 1. The molecule has 0 atom stereocenters. The van der Waals surface area contributed by atoms with Crippen molar-refractivity contribution < 1.29 is 19.1 Å². The zero-order valence-corrected chi connectivity index (χ0v) is 12.6. The third-order valence-electron chi connectivity index (χ3n) is 4.03. The molecule has 0 radical (unpaired) electrons. The van der Waals surface area contributed by atoms with Crippen LogP contribution in [-0.2, 0) is 16.1 Å². The highest BCUT2D eigenvalue weighted by Gasteiger charge is 2.25. The maximum absolute atomic E-state index is 13.4. The Morgan fingerprint density at radius 2 is 2.05 bits per heavy atom. The third kappa shape index (κ3) is 4.53. The van der Waals surface area contributed by atoms with E-state index in [0.717, 1.165) is 5.56 Å². The van der Waals surface area contributed by atoms with Crippen molar-refractivity contribution in [2.24, 2.45) is 5.92 Å². The van der Waals surface area contributed by atoms with E-state index in [1.54, 1.807) is 19.1 Å². The molecule has 2 N–H and O–H groups in total. The molecule has 1 amide bonds. The number of aryl methyl sites for hydroxylation is 1. The summed E-state index contributed by atoms with van der Waals surface area (Å²) in [7, 11) is 0. The molecule has 0 aliphatic carbocycles. The predicted octanol–water partition coefficient (Wildman–Crippen LogP) is 1.55. The number of likely N-dealkylation sites (tertiary alicyclic amines) is 1. The van der Waals surface area contributed by atoms with Crippen LogP contribution in [0, 0.1) is 18.7 Å². The number of benzene rings is 1. The number of carboxylic acid groups (broad SMARTS) is 1. The Morgan fingerprint density at radius 3 is 2.64 bits per heavy atom. The van der Waals surface area contributed by atoms with Gasteiger partial charge in [-0.15, -0.1) is 0 Å². The van der Waals surface area contributed by atoms with Crippen LogP contribution < -0.4 is 5.32 Å². The Hall–Kier alpha value is -1.95. The van der Waals surface area contributed by atoms with Crippen LogP contribution in [0.5, 0.6) is 0 Å². The second-order valence-corrected chi connectivity index (χ2v) is 5.75. The van der Waals surface area contributed by atoms with Crippen LogP contribution in [0.2, 0.25) is 0 Å². The lowest BCUT2D eigenvalue weighted by Crippen LogP contribution is -2.42. The second-order valence-electron chi connectivity index (χ2n) is 5.75. The molecule has 6 heteroatoms. The average molecular weight is 308 g/mol. The molecule has 0 aromatic heterocycles. The molecule has 1 aromatic carbocycles. The topological polar surface area (TPSA) is 69.6 Å². The molecule has 1 aromatic rings. The first-order valence-electron chi connectivity index (χ1n) is 7.42. The van der Waals surface area contributed by atoms with Gasteiger partial charge in [0.2, 0.25) is 5.91 Å². The standard InChI is InChI=1S/C16H21FN2O3/c1-11-2-3-12(8-14(11)17)9-18-15(20)10-19-6-4-13(5-7-19)16(21)22/h2-3,8,13H,4-7,9-10H2,1H3,(H,18,20)(H,21,22). The van der Waals surface area contributed by atoms with E-state index in [2.05, 4.69) is 5.32 Å². The van der Waals surface area contributed by atoms with E-state index in [4.69, 9.17) is 5.11 Å². The molecular formula is C16H21FN2O3. The van der Waals surface area contributed by atoms with Crippen LogP contribution in [0.4, 0.5) is 4.39 Å². The van der Waals surface area contributed by atoms with Crippen molar-refractivity contribution in [1.82, 2.24) is 10.2 Å². The molecule has 1 saturated heterocycles. The molecule has 0 saturated carbocycles. The smallest absolute Gasteiger partial charge is 0.306 e. The van der Waals surface area contributed by atoms with E-state index in [1.165, 1.54) is 6.07 Å². The van der Waals surface area contributed by atoms with Crippen molar-refractivity contribution in [3.05, 3.63) is 35.1 Å². The Balaban J connectivity index is 1.74. The lowest BCUT2D eigenvalue weighted by atomic mass is 9.97. The van der Waals surface area contributed by atoms with Crippen LogP contribution in [0.15, 0.2) is 18.2 Å². The number of piperidine rings is 1. The summed E-state index contributed by atoms with van der Waals surface area (Å²) < 4.78 is 13.4. The first-order chi connectivity index (χ1) is 10.5. The van der Waals surface area contributed by atoms with E-state index in [1.807, 2.05) is 4.90 Å². The minimum atomic E-state index is -0.759. The summed E-state index contributed by atoms with van der Waals surface area (Å²) in [5.41, 5.74) is 1.30. The van der Waals surface area contributed by atoms with Gasteiger partial charge in [0.1, 0.15) is 5.82 Å². The fraction of sp³-hybridized carbons (Fsp3) is 0.500. The number of hydrogen-bond donors (Lipinski definition) is 2. The predicted molar refractivity (Wildman–Crippen MR) is 79.8 cm³/mol. The summed E-state index contributed by atoms with van der Waals surface area (Å²) in [5.74, 6) is -1.46. The number of hydrogen-bond acceptors (Lipinski definition) is 3. The summed E-state index contributed by atoms with van der Waals surface area (Å²) in [6, 6.07) is 4.90. The monoisotopic (exact) mass is 308 g/mol. The fourth-order valence-corrected chi connectivity index (χ4v) is 2.54. The molecule has 22 heavy (non-hydrogen) atoms. The largest absolute Gasteiger partial charge is 0.481 e. The lowest BCUT2D eigenvalue weighted by Gasteiger charge is -2.29. The molecule has 1 fully saturated rings. The quantitative estimate of drug-likeness (QED) is 0.866. The number of nitrogens with one attached hydrogen (secondary N) is 1. The Bertz CT molecular complexity index is 554. The molecule has 1 heterocycles. The maximum Gasteiger partial charge on any atom is 0.306 e. The van der Waals surface area contributed by atoms with Crippen molar-refractivity contribution >= 4 is 11.9 Å². The molecule has 0 unspecified atom stereocenters. The number of rotatable bonds is 5. The first kappa shape index (κ1) is 16.4. The number of amides is 1. The van der Waals surface area contributed by atoms with Crippen LogP contribution in [0.1, 0.15) is 24.0 Å². The summed E-state index contributed by atoms with van der Waals surface area (Å²) >= 11 is 0. The molecular weight excluding hydrogens is 287 g/mol. The highest BCUT2D eigenvalue weighted by Crippen LogP contribution is 2.16. The third-order valence-corrected chi connectivity index (χ3v) is 4.03. The van der Waals surface area contributed by atoms with Crippen molar-refractivity contribution in [1.29, 1.82) is 0 Å². The van der Waals surface area contributed by atoms with Gasteiger partial charge in [-0.25, -0.2) is 4.39 Å². The molecule has 120 valence electrons. The molecule has 0 bridgehead atoms. The number of halogens is 1. The minimum absolute atomic E-state index is 0.130. The minimum Gasteiger partial charge on any atom is -0.481 e. The van der Waals surface area contributed by atoms with Gasteiger partial charge in [-0.1, -0.05) is 12.1 Å². The maximum atomic E-state index is 13.4. The van der Waals surface area contributed by atoms with E-state index in [0.29, 0.717) is 38.0 Å². The van der Waals surface area contributed by atoms with Crippen molar-refractivity contribution in [2.45, 2.75) is 26.3 Å². The Morgan fingerprint density at radius 1 is 1.36 bits per heavy atom. The van der Waals surface area contributed by atoms with Gasteiger partial charge in [0, 0.05) is 6.54 Å². The molecule has 5 nitrogen and oxygen atoms in total. The van der Waals surface area contributed by atoms with Gasteiger partial charge in [0.05, 0.1) is 12.5 Å². The zero-order chi connectivity index (χ0) is 16.1. The number of carboxylic acids is 1. The van der Waals surface area contributed by atoms with E-state index in [9.17, 15) is 14.0 Å². The molecule has 0 spiro atoms. The number of aliphatic carboxylic acids is 1. The Kier molecular flexibility index (Phi) is 5.49. The molecule has 1 aliphatic rings. The van der Waals surface area contributed by atoms with Gasteiger partial charge in [-0.2, -0.15) is 0 Å². The number of carbonyl (C=O) groups is 2. The van der Waals surface area contributed by atoms with E-state index in [-0.39, 0.29) is 24.2 Å². The van der Waals surface area contributed by atoms with Gasteiger partial charge in [-0.3, -0.25) is 14.5 Å². The van der Waals surface area contributed by atoms with Crippen LogP contribution in [0.25, 0.3) is 0 Å². The van der Waals surface area contributed by atoms with Crippen molar-refractivity contribution in [3.63, 3.8) is 0 Å². The SMILES string of the molecule is Cc1ccc(CNC(=O)CN2CCC(C(=O)O)CC2)cc1F. The van der Waals surface area contributed by atoms with Crippen LogP contribution in [0.3, 0.4) is 0 Å². The summed E-state index contributed by atoms with van der Waals surface area (Å²) in [5, 5.41) is 11.7. The summed E-state index contributed by atoms with van der Waals surface area (Å²) in [6.07, 6.45) is 1.15.